The van der Waals surface area contributed by atoms with E-state index in [-0.39, 0.29) is 15.3 Å². The highest BCUT2D eigenvalue weighted by Gasteiger charge is 2.58. The van der Waals surface area contributed by atoms with Crippen molar-refractivity contribution < 1.29 is 51.0 Å². The summed E-state index contributed by atoms with van der Waals surface area (Å²) in [6, 6.07) is 5.97. The number of amides is 4. The predicted octanol–water partition coefficient (Wildman–Crippen LogP) is 3.32. The topological polar surface area (TPSA) is 132 Å². The molecule has 0 radical (unpaired) electrons. The number of hydrogen-bond acceptors (Lipinski definition) is 9. The normalized spacial score (nSPS) is 17.1. The van der Waals surface area contributed by atoms with Crippen LogP contribution in [-0.4, -0.2) is 53.9 Å². The quantitative estimate of drug-likeness (QED) is 0.215. The van der Waals surface area contributed by atoms with Gasteiger partial charge in [0.2, 0.25) is 5.91 Å². The lowest BCUT2D eigenvalue weighted by atomic mass is 9.71. The number of halogens is 4. The molecule has 0 aliphatic carbocycles. The van der Waals surface area contributed by atoms with Crippen molar-refractivity contribution in [1.82, 2.24) is 15.2 Å². The molecule has 204 valence electrons. The average molecular weight is 567 g/mol. The number of ether oxygens (including phenoxy) is 2. The molecule has 39 heavy (non-hydrogen) atoms. The maximum atomic E-state index is 14.3. The number of nitrogens with one attached hydrogen (secondary N) is 1. The van der Waals surface area contributed by atoms with Gasteiger partial charge in [-0.05, 0) is 35.9 Å². The van der Waals surface area contributed by atoms with Crippen LogP contribution in [0.2, 0.25) is 0 Å². The molecule has 0 fully saturated rings. The summed E-state index contributed by atoms with van der Waals surface area (Å²) in [5.41, 5.74) is -4.89. The molecule has 2 heterocycles. The van der Waals surface area contributed by atoms with E-state index in [0.717, 1.165) is 49.8 Å². The van der Waals surface area contributed by atoms with Gasteiger partial charge in [-0.25, -0.2) is 14.2 Å². The Labute approximate surface area is 220 Å². The van der Waals surface area contributed by atoms with Crippen LogP contribution < -0.4 is 5.32 Å². The number of thiazole rings is 1. The Kier molecular flexibility index (Phi) is 7.12. The summed E-state index contributed by atoms with van der Waals surface area (Å²) in [5, 5.41) is 1.70. The van der Waals surface area contributed by atoms with E-state index in [2.05, 4.69) is 9.72 Å². The SMILES string of the molecule is COC(=O)NC(=O)CC1(C(=O)OC)C(=O)N(Cc2nc3c(C(F)(F)F)cccc3s2)C(=O)c2ccc(F)cc21. The smallest absolute Gasteiger partial charge is 0.418 e. The average Bonchev–Trinajstić information content (AvgIpc) is 3.30. The molecule has 0 bridgehead atoms. The van der Waals surface area contributed by atoms with E-state index < -0.39 is 76.8 Å². The van der Waals surface area contributed by atoms with E-state index in [4.69, 9.17) is 4.74 Å². The third-order valence-electron chi connectivity index (χ3n) is 5.98. The number of hydrogen-bond donors (Lipinski definition) is 1. The molecule has 4 amide bonds. The van der Waals surface area contributed by atoms with Crippen molar-refractivity contribution in [2.45, 2.75) is 24.6 Å². The zero-order valence-electron chi connectivity index (χ0n) is 20.1. The first-order valence-corrected chi connectivity index (χ1v) is 11.7. The Bertz CT molecular complexity index is 1540. The van der Waals surface area contributed by atoms with Crippen molar-refractivity contribution in [2.75, 3.05) is 14.2 Å². The van der Waals surface area contributed by atoms with Crippen LogP contribution in [0.5, 0.6) is 0 Å². The number of carbonyl (C=O) groups is 5. The minimum atomic E-state index is -4.72. The highest BCUT2D eigenvalue weighted by Crippen LogP contribution is 2.41. The fraction of sp³-hybridized carbons (Fsp3) is 0.250. The Balaban J connectivity index is 1.85. The molecule has 1 aromatic heterocycles. The van der Waals surface area contributed by atoms with Gasteiger partial charge in [0.05, 0.1) is 43.0 Å². The van der Waals surface area contributed by atoms with Crippen LogP contribution >= 0.6 is 11.3 Å². The zero-order valence-corrected chi connectivity index (χ0v) is 20.9. The molecular weight excluding hydrogens is 550 g/mol. The number of alkyl halides is 3. The van der Waals surface area contributed by atoms with Crippen LogP contribution in [0.4, 0.5) is 22.4 Å². The molecule has 3 aromatic rings. The Morgan fingerprint density at radius 1 is 1.10 bits per heavy atom. The van der Waals surface area contributed by atoms with Crippen molar-refractivity contribution in [3.63, 3.8) is 0 Å². The van der Waals surface area contributed by atoms with Gasteiger partial charge >= 0.3 is 18.2 Å². The van der Waals surface area contributed by atoms with E-state index >= 15 is 0 Å². The first-order chi connectivity index (χ1) is 18.3. The lowest BCUT2D eigenvalue weighted by molar-refractivity contribution is -0.158. The Hall–Kier alpha value is -4.40. The van der Waals surface area contributed by atoms with E-state index in [9.17, 15) is 41.5 Å². The second-order valence-electron chi connectivity index (χ2n) is 8.26. The van der Waals surface area contributed by atoms with Crippen LogP contribution in [0.1, 0.15) is 32.9 Å². The molecule has 1 atom stereocenters. The summed E-state index contributed by atoms with van der Waals surface area (Å²) in [7, 11) is 1.85. The maximum Gasteiger partial charge on any atom is 0.418 e. The number of esters is 1. The number of carbonyl (C=O) groups excluding carboxylic acids is 5. The maximum absolute atomic E-state index is 14.3. The molecular formula is C24H17F4N3O7S. The van der Waals surface area contributed by atoms with Gasteiger partial charge in [0.1, 0.15) is 10.8 Å². The van der Waals surface area contributed by atoms with Crippen molar-refractivity contribution in [3.05, 3.63) is 63.9 Å². The summed E-state index contributed by atoms with van der Waals surface area (Å²) in [4.78, 5) is 69.0. The minimum Gasteiger partial charge on any atom is -0.468 e. The monoisotopic (exact) mass is 567 g/mol. The number of alkyl carbamates (subject to hydrolysis) is 1. The van der Waals surface area contributed by atoms with Gasteiger partial charge in [-0.3, -0.25) is 29.4 Å². The van der Waals surface area contributed by atoms with Gasteiger partial charge in [-0.15, -0.1) is 11.3 Å². The molecule has 1 aliphatic rings. The van der Waals surface area contributed by atoms with Gasteiger partial charge in [0, 0.05) is 5.56 Å². The third kappa shape index (κ3) is 4.80. The molecule has 1 aliphatic heterocycles. The molecule has 10 nitrogen and oxygen atoms in total. The Morgan fingerprint density at radius 3 is 2.46 bits per heavy atom. The van der Waals surface area contributed by atoms with Gasteiger partial charge < -0.3 is 9.47 Å². The molecule has 1 unspecified atom stereocenters. The number of imide groups is 2. The lowest BCUT2D eigenvalue weighted by Crippen LogP contribution is -2.59. The molecule has 4 rings (SSSR count). The van der Waals surface area contributed by atoms with Gasteiger partial charge in [-0.1, -0.05) is 6.07 Å². The van der Waals surface area contributed by atoms with Crippen molar-refractivity contribution in [1.29, 1.82) is 0 Å². The first kappa shape index (κ1) is 27.6. The summed E-state index contributed by atoms with van der Waals surface area (Å²) in [6.07, 6.45) is -7.03. The van der Waals surface area contributed by atoms with Gasteiger partial charge in [-0.2, -0.15) is 13.2 Å². The summed E-state index contributed by atoms with van der Waals surface area (Å²) >= 11 is 0.775. The fourth-order valence-corrected chi connectivity index (χ4v) is 5.26. The summed E-state index contributed by atoms with van der Waals surface area (Å²) < 4.78 is 63.9. The Morgan fingerprint density at radius 2 is 1.82 bits per heavy atom. The van der Waals surface area contributed by atoms with Crippen LogP contribution in [-0.2, 0) is 42.0 Å². The standard InChI is InChI=1S/C24H17F4N3O7S/c1-37-21(35)23(9-16(32)29-22(36)38-2)14-8-11(25)6-7-12(14)19(33)31(20(23)34)10-17-30-18-13(24(26,27)28)4-3-5-15(18)39-17/h3-8H,9-10H2,1-2H3,(H,29,32,36). The zero-order chi connectivity index (χ0) is 28.7. The van der Waals surface area contributed by atoms with E-state index in [1.165, 1.54) is 12.1 Å². The van der Waals surface area contributed by atoms with Gasteiger partial charge in [0.25, 0.3) is 11.8 Å². The highest BCUT2D eigenvalue weighted by atomic mass is 32.1. The van der Waals surface area contributed by atoms with Gasteiger partial charge in [0.15, 0.2) is 5.41 Å². The number of methoxy groups -OCH3 is 2. The van der Waals surface area contributed by atoms with E-state index in [1.807, 2.05) is 0 Å². The number of benzene rings is 2. The lowest BCUT2D eigenvalue weighted by Gasteiger charge is -2.39. The second-order valence-corrected chi connectivity index (χ2v) is 9.37. The minimum absolute atomic E-state index is 0.0910. The van der Waals surface area contributed by atoms with Crippen LogP contribution in [0.15, 0.2) is 36.4 Å². The van der Waals surface area contributed by atoms with E-state index in [0.29, 0.717) is 4.90 Å². The van der Waals surface area contributed by atoms with Crippen LogP contribution in [0, 0.1) is 5.82 Å². The number of rotatable bonds is 5. The largest absolute Gasteiger partial charge is 0.468 e. The number of fused-ring (bicyclic) bond motifs is 2. The number of para-hydroxylation sites is 1. The van der Waals surface area contributed by atoms with Crippen molar-refractivity contribution >= 4 is 51.3 Å². The molecule has 0 saturated heterocycles. The van der Waals surface area contributed by atoms with Crippen LogP contribution in [0.3, 0.4) is 0 Å². The van der Waals surface area contributed by atoms with Crippen LogP contribution in [0.25, 0.3) is 10.2 Å². The predicted molar refractivity (Wildman–Crippen MR) is 125 cm³/mol. The van der Waals surface area contributed by atoms with Crippen molar-refractivity contribution in [3.8, 4) is 0 Å². The van der Waals surface area contributed by atoms with E-state index in [1.54, 1.807) is 5.32 Å². The second kappa shape index (κ2) is 10.1. The molecule has 0 saturated carbocycles. The highest BCUT2D eigenvalue weighted by molar-refractivity contribution is 7.18. The summed E-state index contributed by atoms with van der Waals surface area (Å²) in [6.45, 7) is -0.678. The number of nitrogens with zero attached hydrogens (tertiary/aromatic N) is 2. The molecule has 0 spiro atoms. The molecule has 15 heteroatoms. The van der Waals surface area contributed by atoms with Crippen molar-refractivity contribution in [2.24, 2.45) is 0 Å². The molecule has 1 N–H and O–H groups in total. The number of aromatic nitrogens is 1. The summed E-state index contributed by atoms with van der Waals surface area (Å²) in [5.74, 6) is -5.83. The molecule has 2 aromatic carbocycles. The fourth-order valence-electron chi connectivity index (χ4n) is 4.27. The third-order valence-corrected chi connectivity index (χ3v) is 6.98. The first-order valence-electron chi connectivity index (χ1n) is 10.9.